The molecule has 0 spiro atoms. The number of hydrogen-bond acceptors (Lipinski definition) is 2. The molecule has 10 heavy (non-hydrogen) atoms. The molecule has 0 bridgehead atoms. The highest BCUT2D eigenvalue weighted by atomic mass is 15.0. The molecule has 0 aromatic carbocycles. The highest BCUT2D eigenvalue weighted by Crippen LogP contribution is 2.19. The predicted octanol–water partition coefficient (Wildman–Crippen LogP) is 0.601. The van der Waals surface area contributed by atoms with E-state index in [1.165, 1.54) is 5.73 Å². The molecule has 3 heteroatoms. The molecule has 0 aliphatic carbocycles. The van der Waals surface area contributed by atoms with Crippen molar-refractivity contribution in [1.82, 2.24) is 5.32 Å². The van der Waals surface area contributed by atoms with E-state index in [4.69, 9.17) is 0 Å². The van der Waals surface area contributed by atoms with Crippen LogP contribution in [0.4, 0.5) is 0 Å². The maximum atomic E-state index is 4.33. The summed E-state index contributed by atoms with van der Waals surface area (Å²) in [6.45, 7) is 8.69. The van der Waals surface area contributed by atoms with Gasteiger partial charge in [0.25, 0.3) is 0 Å². The Kier molecular flexibility index (Phi) is 2.02. The molecule has 0 aromatic heterocycles. The summed E-state index contributed by atoms with van der Waals surface area (Å²) in [5.41, 5.74) is 1.19. The number of aliphatic imine (C=N–C) groups is 1. The maximum absolute atomic E-state index is 4.33. The summed E-state index contributed by atoms with van der Waals surface area (Å²) in [4.78, 5) is 4.33. The smallest absolute Gasteiger partial charge is 0.208 e. The van der Waals surface area contributed by atoms with Gasteiger partial charge in [-0.25, -0.2) is 0 Å². The van der Waals surface area contributed by atoms with E-state index in [2.05, 4.69) is 31.1 Å². The fourth-order valence-electron chi connectivity index (χ4n) is 1.07. The van der Waals surface area contributed by atoms with Crippen LogP contribution >= 0.6 is 0 Å². The van der Waals surface area contributed by atoms with E-state index >= 15 is 0 Å². The first-order chi connectivity index (χ1) is 4.58. The Hall–Kier alpha value is -0.465. The lowest BCUT2D eigenvalue weighted by Gasteiger charge is -2.15. The highest BCUT2D eigenvalue weighted by Gasteiger charge is 2.18. The van der Waals surface area contributed by atoms with Crippen LogP contribution in [0.5, 0.6) is 0 Å². The second-order valence-electron chi connectivity index (χ2n) is 3.99. The third-order valence-corrected chi connectivity index (χ3v) is 1.44. The normalized spacial score (nSPS) is 18.1. The molecule has 1 aliphatic rings. The Bertz CT molecular complexity index is 146. The molecular formula is C7H15BN2. The zero-order chi connectivity index (χ0) is 7.61. The second kappa shape index (κ2) is 2.65. The van der Waals surface area contributed by atoms with E-state index in [1.807, 2.05) is 0 Å². The summed E-state index contributed by atoms with van der Waals surface area (Å²) in [7, 11) is 1.08. The Morgan fingerprint density at radius 3 is 2.60 bits per heavy atom. The monoisotopic (exact) mass is 138 g/mol. The maximum Gasteiger partial charge on any atom is 0.208 e. The molecule has 0 fully saturated rings. The van der Waals surface area contributed by atoms with Crippen LogP contribution < -0.4 is 5.32 Å². The van der Waals surface area contributed by atoms with Gasteiger partial charge in [0, 0.05) is 6.54 Å². The zero-order valence-corrected chi connectivity index (χ0v) is 7.07. The minimum atomic E-state index is 0.371. The molecule has 0 radical (unpaired) electrons. The van der Waals surface area contributed by atoms with Crippen LogP contribution in [0.2, 0.25) is 5.31 Å². The standard InChI is InChI=1S/C7H15BN2/c1-7(2,3)8-6-9-4-5-10-6/h8H,4-5H2,1-3H3,(H,9,10). The summed E-state index contributed by atoms with van der Waals surface area (Å²) in [6, 6.07) is 0. The van der Waals surface area contributed by atoms with E-state index < -0.39 is 0 Å². The van der Waals surface area contributed by atoms with Gasteiger partial charge in [0.1, 0.15) is 0 Å². The van der Waals surface area contributed by atoms with Crippen molar-refractivity contribution in [2.75, 3.05) is 13.1 Å². The first-order valence-electron chi connectivity index (χ1n) is 3.85. The van der Waals surface area contributed by atoms with E-state index in [0.717, 1.165) is 20.4 Å². The molecule has 56 valence electrons. The van der Waals surface area contributed by atoms with E-state index in [1.54, 1.807) is 0 Å². The van der Waals surface area contributed by atoms with Gasteiger partial charge < -0.3 is 5.32 Å². The molecule has 0 saturated carbocycles. The average Bonchev–Trinajstić information content (AvgIpc) is 2.12. The fourth-order valence-corrected chi connectivity index (χ4v) is 1.07. The van der Waals surface area contributed by atoms with E-state index in [-0.39, 0.29) is 0 Å². The third-order valence-electron chi connectivity index (χ3n) is 1.44. The summed E-state index contributed by atoms with van der Waals surface area (Å²) in [5, 5.41) is 3.63. The van der Waals surface area contributed by atoms with Crippen molar-refractivity contribution >= 4 is 13.0 Å². The molecule has 1 heterocycles. The van der Waals surface area contributed by atoms with Crippen molar-refractivity contribution < 1.29 is 0 Å². The molecule has 0 saturated heterocycles. The Morgan fingerprint density at radius 1 is 1.50 bits per heavy atom. The van der Waals surface area contributed by atoms with Crippen molar-refractivity contribution in [2.45, 2.75) is 26.1 Å². The Labute approximate surface area is 63.4 Å². The molecule has 0 aromatic rings. The van der Waals surface area contributed by atoms with Gasteiger partial charge in [0.2, 0.25) is 7.28 Å². The summed E-state index contributed by atoms with van der Waals surface area (Å²) in [5.74, 6) is 0. The van der Waals surface area contributed by atoms with Crippen molar-refractivity contribution in [2.24, 2.45) is 4.99 Å². The van der Waals surface area contributed by atoms with E-state index in [9.17, 15) is 0 Å². The van der Waals surface area contributed by atoms with Crippen LogP contribution in [0, 0.1) is 0 Å². The van der Waals surface area contributed by atoms with Crippen LogP contribution in [-0.2, 0) is 0 Å². The third kappa shape index (κ3) is 2.42. The van der Waals surface area contributed by atoms with Crippen LogP contribution in [0.15, 0.2) is 4.99 Å². The number of rotatable bonds is 1. The number of nitrogens with zero attached hydrogens (tertiary/aromatic N) is 1. The minimum absolute atomic E-state index is 0.371. The molecule has 0 unspecified atom stereocenters. The van der Waals surface area contributed by atoms with Gasteiger partial charge in [0.05, 0.1) is 12.3 Å². The lowest BCUT2D eigenvalue weighted by atomic mass is 9.54. The van der Waals surface area contributed by atoms with Crippen molar-refractivity contribution in [3.63, 3.8) is 0 Å². The molecule has 1 rings (SSSR count). The molecular weight excluding hydrogens is 123 g/mol. The summed E-state index contributed by atoms with van der Waals surface area (Å²) in [6.07, 6.45) is 0. The largest absolute Gasteiger partial charge is 0.380 e. The Morgan fingerprint density at radius 2 is 2.20 bits per heavy atom. The minimum Gasteiger partial charge on any atom is -0.380 e. The van der Waals surface area contributed by atoms with Gasteiger partial charge in [-0.2, -0.15) is 0 Å². The van der Waals surface area contributed by atoms with E-state index in [0.29, 0.717) is 5.31 Å². The molecule has 0 atom stereocenters. The Balaban J connectivity index is 2.38. The van der Waals surface area contributed by atoms with Crippen LogP contribution in [0.25, 0.3) is 0 Å². The lowest BCUT2D eigenvalue weighted by molar-refractivity contribution is 0.760. The summed E-state index contributed by atoms with van der Waals surface area (Å²) >= 11 is 0. The SMILES string of the molecule is CC(C)(C)BC1=NCCN1. The molecule has 1 aliphatic heterocycles. The molecule has 0 amide bonds. The first-order valence-corrected chi connectivity index (χ1v) is 3.85. The number of hydrogen-bond donors (Lipinski definition) is 1. The van der Waals surface area contributed by atoms with Gasteiger partial charge in [-0.05, 0) is 0 Å². The predicted molar refractivity (Wildman–Crippen MR) is 47.2 cm³/mol. The van der Waals surface area contributed by atoms with Gasteiger partial charge >= 0.3 is 0 Å². The van der Waals surface area contributed by atoms with Crippen molar-refractivity contribution in [1.29, 1.82) is 0 Å². The topological polar surface area (TPSA) is 24.4 Å². The quantitative estimate of drug-likeness (QED) is 0.527. The van der Waals surface area contributed by atoms with Gasteiger partial charge in [0.15, 0.2) is 0 Å². The summed E-state index contributed by atoms with van der Waals surface area (Å²) < 4.78 is 0. The highest BCUT2D eigenvalue weighted by molar-refractivity contribution is 6.77. The number of amidine groups is 1. The zero-order valence-electron chi connectivity index (χ0n) is 7.07. The average molecular weight is 138 g/mol. The van der Waals surface area contributed by atoms with Crippen molar-refractivity contribution in [3.05, 3.63) is 0 Å². The second-order valence-corrected chi connectivity index (χ2v) is 3.99. The van der Waals surface area contributed by atoms with Crippen LogP contribution in [-0.4, -0.2) is 26.1 Å². The van der Waals surface area contributed by atoms with Gasteiger partial charge in [-0.15, -0.1) is 0 Å². The first kappa shape index (κ1) is 7.64. The molecule has 2 nitrogen and oxygen atoms in total. The number of nitrogens with one attached hydrogen (secondary N) is 1. The van der Waals surface area contributed by atoms with Crippen LogP contribution in [0.1, 0.15) is 20.8 Å². The fraction of sp³-hybridized carbons (Fsp3) is 0.857. The van der Waals surface area contributed by atoms with Crippen molar-refractivity contribution in [3.8, 4) is 0 Å². The van der Waals surface area contributed by atoms with Gasteiger partial charge in [-0.1, -0.05) is 26.1 Å². The van der Waals surface area contributed by atoms with Gasteiger partial charge in [-0.3, -0.25) is 4.99 Å². The molecule has 1 N–H and O–H groups in total. The van der Waals surface area contributed by atoms with Crippen LogP contribution in [0.3, 0.4) is 0 Å². The lowest BCUT2D eigenvalue weighted by Crippen LogP contribution is -2.29.